The number of benzene rings is 2. The molecule has 3 amide bonds. The van der Waals surface area contributed by atoms with E-state index >= 15 is 0 Å². The molecule has 1 saturated heterocycles. The van der Waals surface area contributed by atoms with Crippen LogP contribution < -0.4 is 15.5 Å². The number of para-hydroxylation sites is 2. The average molecular weight is 331 g/mol. The minimum atomic E-state index is -0.781. The highest BCUT2D eigenvalue weighted by Crippen LogP contribution is 2.24. The molecule has 2 N–H and O–H groups in total. The molecule has 1 aliphatic rings. The maximum absolute atomic E-state index is 13.8. The van der Waals surface area contributed by atoms with Gasteiger partial charge in [0.05, 0.1) is 11.4 Å². The topological polar surface area (TPSA) is 61.4 Å². The molecule has 1 unspecified atom stereocenters. The molecule has 0 bridgehead atoms. The van der Waals surface area contributed by atoms with Gasteiger partial charge in [0, 0.05) is 6.54 Å². The zero-order chi connectivity index (χ0) is 17.1. The van der Waals surface area contributed by atoms with E-state index in [1.165, 1.54) is 41.3 Å². The molecular formula is C17H15F2N3O2. The second-order valence-corrected chi connectivity index (χ2v) is 5.36. The molecule has 1 heterocycles. The van der Waals surface area contributed by atoms with Crippen molar-refractivity contribution in [3.8, 4) is 0 Å². The van der Waals surface area contributed by atoms with Crippen molar-refractivity contribution in [1.29, 1.82) is 0 Å². The van der Waals surface area contributed by atoms with Crippen LogP contribution in [0, 0.1) is 11.6 Å². The number of amides is 3. The van der Waals surface area contributed by atoms with E-state index in [9.17, 15) is 18.4 Å². The molecule has 0 spiro atoms. The third-order valence-corrected chi connectivity index (χ3v) is 3.78. The van der Waals surface area contributed by atoms with Crippen LogP contribution in [0.2, 0.25) is 0 Å². The molecule has 2 aromatic rings. The summed E-state index contributed by atoms with van der Waals surface area (Å²) in [5, 5.41) is 4.85. The van der Waals surface area contributed by atoms with Gasteiger partial charge in [-0.05, 0) is 30.7 Å². The first-order valence-corrected chi connectivity index (χ1v) is 7.44. The normalized spacial score (nSPS) is 17.0. The minimum Gasteiger partial charge on any atom is -0.326 e. The molecule has 0 saturated carbocycles. The Bertz CT molecular complexity index is 782. The highest BCUT2D eigenvalue weighted by Gasteiger charge is 2.34. The van der Waals surface area contributed by atoms with E-state index in [2.05, 4.69) is 10.6 Å². The van der Waals surface area contributed by atoms with Gasteiger partial charge in [-0.3, -0.25) is 4.79 Å². The first-order valence-electron chi connectivity index (χ1n) is 7.44. The highest BCUT2D eigenvalue weighted by molar-refractivity contribution is 6.02. The van der Waals surface area contributed by atoms with Crippen molar-refractivity contribution in [3.05, 3.63) is 60.2 Å². The Balaban J connectivity index is 1.65. The van der Waals surface area contributed by atoms with Crippen LogP contribution >= 0.6 is 0 Å². The average Bonchev–Trinajstić information content (AvgIpc) is 2.91. The molecular weight excluding hydrogens is 316 g/mol. The predicted octanol–water partition coefficient (Wildman–Crippen LogP) is 2.89. The van der Waals surface area contributed by atoms with Gasteiger partial charge in [-0.2, -0.15) is 0 Å². The number of anilines is 2. The Morgan fingerprint density at radius 3 is 2.42 bits per heavy atom. The van der Waals surface area contributed by atoms with Crippen LogP contribution in [0.25, 0.3) is 0 Å². The molecule has 124 valence electrons. The van der Waals surface area contributed by atoms with E-state index in [1.807, 2.05) is 0 Å². The highest BCUT2D eigenvalue weighted by atomic mass is 19.1. The molecule has 1 aliphatic heterocycles. The van der Waals surface area contributed by atoms with Crippen molar-refractivity contribution in [1.82, 2.24) is 5.32 Å². The molecule has 24 heavy (non-hydrogen) atoms. The molecule has 0 aromatic heterocycles. The van der Waals surface area contributed by atoms with Crippen molar-refractivity contribution in [3.63, 3.8) is 0 Å². The summed E-state index contributed by atoms with van der Waals surface area (Å²) in [4.78, 5) is 25.6. The fourth-order valence-corrected chi connectivity index (χ4v) is 2.60. The van der Waals surface area contributed by atoms with Gasteiger partial charge in [-0.25, -0.2) is 13.6 Å². The first kappa shape index (κ1) is 15.9. The summed E-state index contributed by atoms with van der Waals surface area (Å²) in [5.41, 5.74) is 0.202. The van der Waals surface area contributed by atoms with E-state index in [0.717, 1.165) is 0 Å². The second-order valence-electron chi connectivity index (χ2n) is 5.36. The summed E-state index contributed by atoms with van der Waals surface area (Å²) in [5.74, 6) is -1.47. The number of carbonyl (C=O) groups excluding carboxylic acids is 2. The maximum Gasteiger partial charge on any atom is 0.319 e. The minimum absolute atomic E-state index is 0.0198. The summed E-state index contributed by atoms with van der Waals surface area (Å²) < 4.78 is 27.3. The Morgan fingerprint density at radius 2 is 1.71 bits per heavy atom. The standard InChI is InChI=1S/C17H15F2N3O2/c18-11-5-1-3-7-13(11)20-17(24)21-14-9-10-22(16(14)23)15-8-4-2-6-12(15)19/h1-8,14H,9-10H2,(H2,20,21,24). The fraction of sp³-hybridized carbons (Fsp3) is 0.176. The lowest BCUT2D eigenvalue weighted by Crippen LogP contribution is -2.43. The van der Waals surface area contributed by atoms with Crippen molar-refractivity contribution < 1.29 is 18.4 Å². The number of carbonyl (C=O) groups is 2. The fourth-order valence-electron chi connectivity index (χ4n) is 2.60. The van der Waals surface area contributed by atoms with E-state index in [-0.39, 0.29) is 11.4 Å². The van der Waals surface area contributed by atoms with Gasteiger partial charge in [-0.1, -0.05) is 24.3 Å². The number of halogens is 2. The van der Waals surface area contributed by atoms with Crippen LogP contribution in [-0.4, -0.2) is 24.5 Å². The zero-order valence-corrected chi connectivity index (χ0v) is 12.6. The van der Waals surface area contributed by atoms with Gasteiger partial charge in [0.15, 0.2) is 0 Å². The molecule has 5 nitrogen and oxygen atoms in total. The lowest BCUT2D eigenvalue weighted by Gasteiger charge is -2.18. The van der Waals surface area contributed by atoms with Crippen LogP contribution in [0.3, 0.4) is 0 Å². The zero-order valence-electron chi connectivity index (χ0n) is 12.6. The first-order chi connectivity index (χ1) is 11.6. The number of nitrogens with one attached hydrogen (secondary N) is 2. The third kappa shape index (κ3) is 3.19. The summed E-state index contributed by atoms with van der Waals surface area (Å²) in [7, 11) is 0. The predicted molar refractivity (Wildman–Crippen MR) is 85.7 cm³/mol. The Hall–Kier alpha value is -2.96. The van der Waals surface area contributed by atoms with Crippen molar-refractivity contribution in [2.45, 2.75) is 12.5 Å². The van der Waals surface area contributed by atoms with Crippen LogP contribution in [0.4, 0.5) is 25.0 Å². The Morgan fingerprint density at radius 1 is 1.04 bits per heavy atom. The van der Waals surface area contributed by atoms with Crippen LogP contribution in [-0.2, 0) is 4.79 Å². The number of urea groups is 1. The van der Waals surface area contributed by atoms with Gasteiger partial charge in [-0.15, -0.1) is 0 Å². The molecule has 1 fully saturated rings. The molecule has 7 heteroatoms. The monoisotopic (exact) mass is 331 g/mol. The van der Waals surface area contributed by atoms with Crippen LogP contribution in [0.1, 0.15) is 6.42 Å². The number of nitrogens with zero attached hydrogens (tertiary/aromatic N) is 1. The lowest BCUT2D eigenvalue weighted by atomic mass is 10.2. The third-order valence-electron chi connectivity index (χ3n) is 3.78. The van der Waals surface area contributed by atoms with E-state index in [1.54, 1.807) is 12.1 Å². The smallest absolute Gasteiger partial charge is 0.319 e. The maximum atomic E-state index is 13.8. The van der Waals surface area contributed by atoms with Crippen LogP contribution in [0.5, 0.6) is 0 Å². The molecule has 3 rings (SSSR count). The summed E-state index contributed by atoms with van der Waals surface area (Å²) in [6.07, 6.45) is 0.345. The number of hydrogen-bond donors (Lipinski definition) is 2. The lowest BCUT2D eigenvalue weighted by molar-refractivity contribution is -0.118. The van der Waals surface area contributed by atoms with Gasteiger partial charge >= 0.3 is 6.03 Å². The SMILES string of the molecule is O=C(Nc1ccccc1F)NC1CCN(c2ccccc2F)C1=O. The number of hydrogen-bond acceptors (Lipinski definition) is 2. The van der Waals surface area contributed by atoms with E-state index < -0.39 is 29.6 Å². The summed E-state index contributed by atoms with van der Waals surface area (Å²) >= 11 is 0. The van der Waals surface area contributed by atoms with Gasteiger partial charge in [0.25, 0.3) is 0 Å². The van der Waals surface area contributed by atoms with E-state index in [4.69, 9.17) is 0 Å². The molecule has 1 atom stereocenters. The largest absolute Gasteiger partial charge is 0.326 e. The van der Waals surface area contributed by atoms with E-state index in [0.29, 0.717) is 13.0 Å². The molecule has 0 aliphatic carbocycles. The molecule has 0 radical (unpaired) electrons. The van der Waals surface area contributed by atoms with Crippen LogP contribution in [0.15, 0.2) is 48.5 Å². The van der Waals surface area contributed by atoms with Gasteiger partial charge in [0.2, 0.25) is 5.91 Å². The second kappa shape index (κ2) is 6.66. The molecule has 2 aromatic carbocycles. The summed E-state index contributed by atoms with van der Waals surface area (Å²) in [6, 6.07) is 10.2. The number of rotatable bonds is 3. The van der Waals surface area contributed by atoms with Gasteiger partial charge in [0.1, 0.15) is 17.7 Å². The van der Waals surface area contributed by atoms with Crippen molar-refractivity contribution in [2.24, 2.45) is 0 Å². The summed E-state index contributed by atoms with van der Waals surface area (Å²) in [6.45, 7) is 0.296. The Labute approximate surface area is 137 Å². The van der Waals surface area contributed by atoms with Crippen molar-refractivity contribution in [2.75, 3.05) is 16.8 Å². The Kier molecular flexibility index (Phi) is 4.41. The van der Waals surface area contributed by atoms with Gasteiger partial charge < -0.3 is 15.5 Å². The van der Waals surface area contributed by atoms with Crippen molar-refractivity contribution >= 4 is 23.3 Å². The quantitative estimate of drug-likeness (QED) is 0.908.